The molecule has 19 heavy (non-hydrogen) atoms. The van der Waals surface area contributed by atoms with Crippen molar-refractivity contribution in [2.45, 2.75) is 16.7 Å². The molecular weight excluding hydrogens is 280 g/mol. The fraction of sp³-hybridized carbons (Fsp3) is 0.0714. The lowest BCUT2D eigenvalue weighted by Gasteiger charge is -2.11. The lowest BCUT2D eigenvalue weighted by atomic mass is 10.2. The number of primary amides is 1. The maximum Gasteiger partial charge on any atom is 0.249 e. The molecule has 2 aromatic rings. The van der Waals surface area contributed by atoms with E-state index in [1.165, 1.54) is 11.8 Å². The first-order valence-corrected chi connectivity index (χ1v) is 6.81. The number of halogens is 1. The van der Waals surface area contributed by atoms with Crippen molar-refractivity contribution in [3.8, 4) is 0 Å². The zero-order valence-electron chi connectivity index (χ0n) is 10.3. The van der Waals surface area contributed by atoms with Gasteiger partial charge in [0, 0.05) is 15.5 Å². The highest BCUT2D eigenvalue weighted by molar-refractivity contribution is 7.99. The van der Waals surface area contributed by atoms with E-state index in [1.807, 2.05) is 31.2 Å². The second-order valence-electron chi connectivity index (χ2n) is 4.11. The topological polar surface area (TPSA) is 69.1 Å². The second kappa shape index (κ2) is 5.55. The minimum atomic E-state index is -0.537. The quantitative estimate of drug-likeness (QED) is 0.851. The molecule has 0 aliphatic carbocycles. The van der Waals surface area contributed by atoms with E-state index in [-0.39, 0.29) is 0 Å². The van der Waals surface area contributed by atoms with Gasteiger partial charge in [-0.15, -0.1) is 0 Å². The molecule has 4 N–H and O–H groups in total. The zero-order chi connectivity index (χ0) is 14.0. The van der Waals surface area contributed by atoms with Crippen LogP contribution in [0.5, 0.6) is 0 Å². The summed E-state index contributed by atoms with van der Waals surface area (Å²) in [6, 6.07) is 11.0. The molecule has 0 saturated heterocycles. The molecule has 0 saturated carbocycles. The average molecular weight is 293 g/mol. The SMILES string of the molecule is Cc1ccccc1Sc1c(Cl)cc(N)cc1C(N)=O. The molecule has 0 fully saturated rings. The van der Waals surface area contributed by atoms with Gasteiger partial charge in [-0.2, -0.15) is 0 Å². The molecule has 0 bridgehead atoms. The summed E-state index contributed by atoms with van der Waals surface area (Å²) in [5.74, 6) is -0.537. The Morgan fingerprint density at radius 2 is 1.95 bits per heavy atom. The van der Waals surface area contributed by atoms with Gasteiger partial charge in [-0.05, 0) is 30.7 Å². The second-order valence-corrected chi connectivity index (χ2v) is 5.57. The normalized spacial score (nSPS) is 10.4. The van der Waals surface area contributed by atoms with Crippen LogP contribution in [0.2, 0.25) is 5.02 Å². The number of nitrogens with two attached hydrogens (primary N) is 2. The van der Waals surface area contributed by atoms with Crippen LogP contribution in [0.4, 0.5) is 5.69 Å². The molecule has 0 aliphatic heterocycles. The molecule has 0 spiro atoms. The number of amides is 1. The third-order valence-corrected chi connectivity index (χ3v) is 4.37. The average Bonchev–Trinajstić information content (AvgIpc) is 2.34. The van der Waals surface area contributed by atoms with Crippen molar-refractivity contribution in [2.75, 3.05) is 5.73 Å². The highest BCUT2D eigenvalue weighted by Crippen LogP contribution is 2.38. The van der Waals surface area contributed by atoms with Crippen LogP contribution in [-0.2, 0) is 0 Å². The van der Waals surface area contributed by atoms with Crippen LogP contribution < -0.4 is 11.5 Å². The van der Waals surface area contributed by atoms with E-state index in [0.717, 1.165) is 10.5 Å². The molecule has 1 amide bonds. The van der Waals surface area contributed by atoms with E-state index in [2.05, 4.69) is 0 Å². The van der Waals surface area contributed by atoms with Crippen molar-refractivity contribution in [3.63, 3.8) is 0 Å². The first-order valence-electron chi connectivity index (χ1n) is 5.61. The van der Waals surface area contributed by atoms with Crippen molar-refractivity contribution < 1.29 is 4.79 Å². The smallest absolute Gasteiger partial charge is 0.249 e. The van der Waals surface area contributed by atoms with Crippen molar-refractivity contribution in [1.29, 1.82) is 0 Å². The van der Waals surface area contributed by atoms with Crippen molar-refractivity contribution in [1.82, 2.24) is 0 Å². The third-order valence-electron chi connectivity index (χ3n) is 2.64. The van der Waals surface area contributed by atoms with E-state index in [0.29, 0.717) is 21.2 Å². The number of rotatable bonds is 3. The predicted octanol–water partition coefficient (Wildman–Crippen LogP) is 3.48. The number of aryl methyl sites for hydroxylation is 1. The van der Waals surface area contributed by atoms with Crippen LogP contribution in [0.15, 0.2) is 46.2 Å². The van der Waals surface area contributed by atoms with Gasteiger partial charge in [0.15, 0.2) is 0 Å². The third kappa shape index (κ3) is 3.03. The van der Waals surface area contributed by atoms with Gasteiger partial charge < -0.3 is 11.5 Å². The van der Waals surface area contributed by atoms with Gasteiger partial charge in [0.05, 0.1) is 10.6 Å². The standard InChI is InChI=1S/C14H13ClN2OS/c1-8-4-2-3-5-12(8)19-13-10(14(17)18)6-9(16)7-11(13)15/h2-7H,16H2,1H3,(H2,17,18). The van der Waals surface area contributed by atoms with Gasteiger partial charge in [0.25, 0.3) is 0 Å². The Balaban J connectivity index is 2.51. The first kappa shape index (κ1) is 13.8. The molecule has 0 unspecified atom stereocenters. The molecule has 0 aliphatic rings. The van der Waals surface area contributed by atoms with Gasteiger partial charge in [-0.3, -0.25) is 4.79 Å². The Kier molecular flexibility index (Phi) is 4.02. The number of benzene rings is 2. The number of carbonyl (C=O) groups excluding carboxylic acids is 1. The van der Waals surface area contributed by atoms with E-state index in [1.54, 1.807) is 12.1 Å². The summed E-state index contributed by atoms with van der Waals surface area (Å²) in [5, 5.41) is 0.432. The summed E-state index contributed by atoms with van der Waals surface area (Å²) in [7, 11) is 0. The molecule has 3 nitrogen and oxygen atoms in total. The number of hydrogen-bond donors (Lipinski definition) is 2. The summed E-state index contributed by atoms with van der Waals surface area (Å²) < 4.78 is 0. The summed E-state index contributed by atoms with van der Waals surface area (Å²) in [6.07, 6.45) is 0. The largest absolute Gasteiger partial charge is 0.399 e. The summed E-state index contributed by atoms with van der Waals surface area (Å²) in [4.78, 5) is 13.2. The molecule has 2 aromatic carbocycles. The van der Waals surface area contributed by atoms with E-state index >= 15 is 0 Å². The lowest BCUT2D eigenvalue weighted by Crippen LogP contribution is -2.13. The molecular formula is C14H13ClN2OS. The minimum Gasteiger partial charge on any atom is -0.399 e. The van der Waals surface area contributed by atoms with Crippen molar-refractivity contribution >= 4 is 35.0 Å². The van der Waals surface area contributed by atoms with Crippen LogP contribution >= 0.6 is 23.4 Å². The van der Waals surface area contributed by atoms with Crippen LogP contribution in [0, 0.1) is 6.92 Å². The first-order chi connectivity index (χ1) is 8.99. The Morgan fingerprint density at radius 3 is 2.58 bits per heavy atom. The number of carbonyl (C=O) groups is 1. The summed E-state index contributed by atoms with van der Waals surface area (Å²) in [6.45, 7) is 2.00. The lowest BCUT2D eigenvalue weighted by molar-refractivity contribution is 0.0997. The van der Waals surface area contributed by atoms with Crippen LogP contribution in [-0.4, -0.2) is 5.91 Å². The summed E-state index contributed by atoms with van der Waals surface area (Å²) >= 11 is 7.59. The van der Waals surface area contributed by atoms with Gasteiger partial charge in [0.1, 0.15) is 0 Å². The van der Waals surface area contributed by atoms with E-state index in [4.69, 9.17) is 23.1 Å². The van der Waals surface area contributed by atoms with Crippen molar-refractivity contribution in [3.05, 3.63) is 52.5 Å². The molecule has 98 valence electrons. The highest BCUT2D eigenvalue weighted by Gasteiger charge is 2.15. The predicted molar refractivity (Wildman–Crippen MR) is 79.7 cm³/mol. The molecule has 0 aromatic heterocycles. The minimum absolute atomic E-state index is 0.346. The number of hydrogen-bond acceptors (Lipinski definition) is 3. The van der Waals surface area contributed by atoms with Gasteiger partial charge in [-0.1, -0.05) is 41.6 Å². The number of anilines is 1. The molecule has 0 atom stereocenters. The maximum absolute atomic E-state index is 11.5. The Hall–Kier alpha value is -1.65. The van der Waals surface area contributed by atoms with E-state index in [9.17, 15) is 4.79 Å². The van der Waals surface area contributed by atoms with Gasteiger partial charge in [-0.25, -0.2) is 0 Å². The van der Waals surface area contributed by atoms with Crippen molar-refractivity contribution in [2.24, 2.45) is 5.73 Å². The fourth-order valence-corrected chi connectivity index (χ4v) is 3.05. The Bertz CT molecular complexity index is 643. The molecule has 5 heteroatoms. The fourth-order valence-electron chi connectivity index (χ4n) is 1.68. The highest BCUT2D eigenvalue weighted by atomic mass is 35.5. The van der Waals surface area contributed by atoms with E-state index < -0.39 is 5.91 Å². The summed E-state index contributed by atoms with van der Waals surface area (Å²) in [5.41, 5.74) is 12.9. The number of nitrogen functional groups attached to an aromatic ring is 1. The zero-order valence-corrected chi connectivity index (χ0v) is 11.9. The Morgan fingerprint density at radius 1 is 1.26 bits per heavy atom. The monoisotopic (exact) mass is 292 g/mol. The Labute approximate surface area is 120 Å². The maximum atomic E-state index is 11.5. The van der Waals surface area contributed by atoms with Crippen LogP contribution in [0.1, 0.15) is 15.9 Å². The molecule has 2 rings (SSSR count). The van der Waals surface area contributed by atoms with Crippen LogP contribution in [0.3, 0.4) is 0 Å². The van der Waals surface area contributed by atoms with Crippen LogP contribution in [0.25, 0.3) is 0 Å². The molecule has 0 radical (unpaired) electrons. The van der Waals surface area contributed by atoms with Gasteiger partial charge >= 0.3 is 0 Å². The van der Waals surface area contributed by atoms with Gasteiger partial charge in [0.2, 0.25) is 5.91 Å². The molecule has 0 heterocycles.